The highest BCUT2D eigenvalue weighted by atomic mass is 32.1. The van der Waals surface area contributed by atoms with Crippen LogP contribution in [0.3, 0.4) is 0 Å². The van der Waals surface area contributed by atoms with E-state index in [1.807, 2.05) is 4.90 Å². The van der Waals surface area contributed by atoms with Crippen LogP contribution < -0.4 is 9.80 Å². The van der Waals surface area contributed by atoms with E-state index >= 15 is 0 Å². The Morgan fingerprint density at radius 1 is 0.939 bits per heavy atom. The van der Waals surface area contributed by atoms with Gasteiger partial charge in [0.15, 0.2) is 0 Å². The minimum absolute atomic E-state index is 0.0190. The van der Waals surface area contributed by atoms with Gasteiger partial charge in [-0.05, 0) is 37.8 Å². The Bertz CT molecular complexity index is 1010. The fourth-order valence-electron chi connectivity index (χ4n) is 5.18. The second-order valence-electron chi connectivity index (χ2n) is 9.19. The molecule has 3 fully saturated rings. The van der Waals surface area contributed by atoms with Gasteiger partial charge in [-0.15, -0.1) is 10.2 Å². The summed E-state index contributed by atoms with van der Waals surface area (Å²) in [5.74, 6) is 0.401. The van der Waals surface area contributed by atoms with Gasteiger partial charge in [-0.25, -0.2) is 0 Å². The Labute approximate surface area is 197 Å². The van der Waals surface area contributed by atoms with Crippen LogP contribution in [-0.4, -0.2) is 65.2 Å². The molecule has 0 radical (unpaired) electrons. The van der Waals surface area contributed by atoms with Crippen LogP contribution in [0.5, 0.6) is 0 Å². The second kappa shape index (κ2) is 9.62. The van der Waals surface area contributed by atoms with Crippen LogP contribution in [0.1, 0.15) is 66.2 Å². The maximum atomic E-state index is 13.1. The summed E-state index contributed by atoms with van der Waals surface area (Å²) in [6, 6.07) is 4.92. The van der Waals surface area contributed by atoms with Gasteiger partial charge >= 0.3 is 0 Å². The van der Waals surface area contributed by atoms with Gasteiger partial charge < -0.3 is 14.7 Å². The zero-order valence-electron chi connectivity index (χ0n) is 18.8. The standard InChI is InChI=1S/C23H30N6O3S/c30-22(18-8-9-19(20(16-18)29(31)32)26-10-4-5-11-26)27-12-14-28(15-13-27)23-25-24-21(33-23)17-6-2-1-3-7-17/h8-9,16-17H,1-7,10-15H2. The fraction of sp³-hybridized carbons (Fsp3) is 0.609. The highest BCUT2D eigenvalue weighted by Crippen LogP contribution is 2.36. The molecule has 3 heterocycles. The fourth-order valence-corrected chi connectivity index (χ4v) is 6.24. The first-order chi connectivity index (χ1) is 16.1. The van der Waals surface area contributed by atoms with Crippen molar-refractivity contribution >= 4 is 33.8 Å². The molecule has 3 aliphatic rings. The second-order valence-corrected chi connectivity index (χ2v) is 10.2. The van der Waals surface area contributed by atoms with Crippen LogP contribution in [0.2, 0.25) is 0 Å². The Morgan fingerprint density at radius 3 is 2.36 bits per heavy atom. The first-order valence-corrected chi connectivity index (χ1v) is 12.8. The van der Waals surface area contributed by atoms with Crippen molar-refractivity contribution in [3.63, 3.8) is 0 Å². The van der Waals surface area contributed by atoms with Crippen LogP contribution >= 0.6 is 11.3 Å². The summed E-state index contributed by atoms with van der Waals surface area (Å²) in [7, 11) is 0. The zero-order chi connectivity index (χ0) is 22.8. The Kier molecular flexibility index (Phi) is 6.43. The Morgan fingerprint density at radius 2 is 1.67 bits per heavy atom. The van der Waals surface area contributed by atoms with E-state index in [4.69, 9.17) is 0 Å². The molecule has 1 aromatic carbocycles. The molecule has 0 spiro atoms. The van der Waals surface area contributed by atoms with Crippen molar-refractivity contribution in [1.29, 1.82) is 0 Å². The van der Waals surface area contributed by atoms with Crippen molar-refractivity contribution in [2.24, 2.45) is 0 Å². The number of anilines is 2. The minimum atomic E-state index is -0.373. The van der Waals surface area contributed by atoms with Crippen molar-refractivity contribution in [2.45, 2.75) is 50.9 Å². The molecule has 9 nitrogen and oxygen atoms in total. The Balaban J connectivity index is 1.23. The summed E-state index contributed by atoms with van der Waals surface area (Å²) in [6.07, 6.45) is 8.37. The third-order valence-corrected chi connectivity index (χ3v) is 8.23. The van der Waals surface area contributed by atoms with Crippen LogP contribution in [-0.2, 0) is 0 Å². The van der Waals surface area contributed by atoms with Crippen LogP contribution in [0.4, 0.5) is 16.5 Å². The molecule has 2 aliphatic heterocycles. The molecule has 1 aliphatic carbocycles. The van der Waals surface area contributed by atoms with Crippen molar-refractivity contribution < 1.29 is 9.72 Å². The number of hydrogen-bond acceptors (Lipinski definition) is 8. The van der Waals surface area contributed by atoms with E-state index in [9.17, 15) is 14.9 Å². The largest absolute Gasteiger partial charge is 0.366 e. The number of hydrogen-bond donors (Lipinski definition) is 0. The molecule has 2 saturated heterocycles. The topological polar surface area (TPSA) is 95.7 Å². The van der Waals surface area contributed by atoms with Crippen LogP contribution in [0.25, 0.3) is 0 Å². The first-order valence-electron chi connectivity index (χ1n) is 12.0. The number of benzene rings is 1. The molecule has 0 unspecified atom stereocenters. The average Bonchev–Trinajstić information content (AvgIpc) is 3.57. The normalized spacial score (nSPS) is 19.8. The molecule has 10 heteroatoms. The van der Waals surface area contributed by atoms with Gasteiger partial charge in [0.05, 0.1) is 4.92 Å². The van der Waals surface area contributed by atoms with E-state index < -0.39 is 0 Å². The van der Waals surface area contributed by atoms with E-state index in [2.05, 4.69) is 15.1 Å². The molecule has 0 N–H and O–H groups in total. The summed E-state index contributed by atoms with van der Waals surface area (Å²) in [4.78, 5) is 30.4. The number of carbonyl (C=O) groups excluding carboxylic acids is 1. The number of carbonyl (C=O) groups is 1. The quantitative estimate of drug-likeness (QED) is 0.480. The van der Waals surface area contributed by atoms with Crippen LogP contribution in [0, 0.1) is 10.1 Å². The molecule has 2 aromatic rings. The number of aromatic nitrogens is 2. The van der Waals surface area contributed by atoms with E-state index in [0.717, 1.165) is 36.1 Å². The highest BCUT2D eigenvalue weighted by Gasteiger charge is 2.28. The lowest BCUT2D eigenvalue weighted by molar-refractivity contribution is -0.384. The average molecular weight is 471 g/mol. The molecule has 33 heavy (non-hydrogen) atoms. The highest BCUT2D eigenvalue weighted by molar-refractivity contribution is 7.15. The molecule has 1 amide bonds. The number of piperazine rings is 1. The zero-order valence-corrected chi connectivity index (χ0v) is 19.6. The van der Waals surface area contributed by atoms with E-state index in [1.54, 1.807) is 28.4 Å². The van der Waals surface area contributed by atoms with Gasteiger partial charge in [0.25, 0.3) is 11.6 Å². The number of nitro benzene ring substituents is 1. The molecule has 1 saturated carbocycles. The van der Waals surface area contributed by atoms with Crippen molar-refractivity contribution in [3.05, 3.63) is 38.9 Å². The van der Waals surface area contributed by atoms with Gasteiger partial charge in [-0.3, -0.25) is 14.9 Å². The van der Waals surface area contributed by atoms with Gasteiger partial charge in [0.2, 0.25) is 5.13 Å². The predicted octanol–water partition coefficient (Wildman–Crippen LogP) is 4.06. The predicted molar refractivity (Wildman–Crippen MR) is 128 cm³/mol. The minimum Gasteiger partial charge on any atom is -0.366 e. The van der Waals surface area contributed by atoms with E-state index in [-0.39, 0.29) is 16.5 Å². The molecule has 176 valence electrons. The molecule has 1 aromatic heterocycles. The van der Waals surface area contributed by atoms with Gasteiger partial charge in [0, 0.05) is 56.8 Å². The van der Waals surface area contributed by atoms with Crippen molar-refractivity contribution in [1.82, 2.24) is 15.1 Å². The van der Waals surface area contributed by atoms with Gasteiger partial charge in [-0.1, -0.05) is 30.6 Å². The lowest BCUT2D eigenvalue weighted by Gasteiger charge is -2.34. The SMILES string of the molecule is O=C(c1ccc(N2CCCC2)c([N+](=O)[O-])c1)N1CCN(c2nnc(C3CCCCC3)s2)CC1. The number of amides is 1. The maximum Gasteiger partial charge on any atom is 0.293 e. The van der Waals surface area contributed by atoms with Crippen LogP contribution in [0.15, 0.2) is 18.2 Å². The molecule has 5 rings (SSSR count). The van der Waals surface area contributed by atoms with E-state index in [0.29, 0.717) is 43.3 Å². The number of nitrogens with zero attached hydrogens (tertiary/aromatic N) is 6. The third kappa shape index (κ3) is 4.66. The molecular formula is C23H30N6O3S. The summed E-state index contributed by atoms with van der Waals surface area (Å²) in [5.41, 5.74) is 1.02. The smallest absolute Gasteiger partial charge is 0.293 e. The van der Waals surface area contributed by atoms with Crippen molar-refractivity contribution in [2.75, 3.05) is 49.1 Å². The maximum absolute atomic E-state index is 13.1. The van der Waals surface area contributed by atoms with E-state index in [1.165, 1.54) is 38.2 Å². The third-order valence-electron chi connectivity index (χ3n) is 7.09. The summed E-state index contributed by atoms with van der Waals surface area (Å²) < 4.78 is 0. The number of nitro groups is 1. The van der Waals surface area contributed by atoms with Gasteiger partial charge in [0.1, 0.15) is 10.7 Å². The Hall–Kier alpha value is -2.75. The lowest BCUT2D eigenvalue weighted by Crippen LogP contribution is -2.48. The summed E-state index contributed by atoms with van der Waals surface area (Å²) in [6.45, 7) is 4.17. The monoisotopic (exact) mass is 470 g/mol. The summed E-state index contributed by atoms with van der Waals surface area (Å²) in [5, 5.41) is 22.7. The summed E-state index contributed by atoms with van der Waals surface area (Å²) >= 11 is 1.69. The number of rotatable bonds is 5. The molecule has 0 atom stereocenters. The van der Waals surface area contributed by atoms with Gasteiger partial charge in [-0.2, -0.15) is 0 Å². The first kappa shape index (κ1) is 22.1. The molecular weight excluding hydrogens is 440 g/mol. The molecule has 0 bridgehead atoms. The lowest BCUT2D eigenvalue weighted by atomic mass is 9.90. The van der Waals surface area contributed by atoms with Crippen molar-refractivity contribution in [3.8, 4) is 0 Å².